The average molecular weight is 641 g/mol. The third-order valence-corrected chi connectivity index (χ3v) is 5.21. The lowest BCUT2D eigenvalue weighted by Crippen LogP contribution is -2.47. The van der Waals surface area contributed by atoms with E-state index in [1.54, 1.807) is 41.5 Å². The van der Waals surface area contributed by atoms with Crippen molar-refractivity contribution in [2.45, 2.75) is 59.2 Å². The first-order valence-corrected chi connectivity index (χ1v) is 13.1. The molecule has 3 aromatic rings. The van der Waals surface area contributed by atoms with Crippen LogP contribution in [0.4, 0.5) is 19.8 Å². The normalized spacial score (nSPS) is 11.5. The van der Waals surface area contributed by atoms with Crippen molar-refractivity contribution in [2.75, 3.05) is 18.4 Å². The summed E-state index contributed by atoms with van der Waals surface area (Å²) >= 11 is 3.08. The molecule has 0 aliphatic carbocycles. The highest BCUT2D eigenvalue weighted by molar-refractivity contribution is 9.10. The Morgan fingerprint density at radius 2 is 1.68 bits per heavy atom. The number of amides is 2. The van der Waals surface area contributed by atoms with Crippen molar-refractivity contribution in [1.29, 1.82) is 0 Å². The van der Waals surface area contributed by atoms with Crippen LogP contribution in [0.1, 0.15) is 48.0 Å². The van der Waals surface area contributed by atoms with Crippen LogP contribution in [0.3, 0.4) is 0 Å². The summed E-state index contributed by atoms with van der Waals surface area (Å²) < 4.78 is 35.0. The summed E-state index contributed by atoms with van der Waals surface area (Å²) in [7, 11) is 0. The maximum Gasteiger partial charge on any atom is 0.446 e. The number of benzene rings is 1. The molecule has 41 heavy (non-hydrogen) atoms. The fourth-order valence-corrected chi connectivity index (χ4v) is 3.46. The average Bonchev–Trinajstić information content (AvgIpc) is 3.44. The molecule has 0 aliphatic rings. The van der Waals surface area contributed by atoms with E-state index in [0.717, 1.165) is 4.57 Å². The molecule has 0 radical (unpaired) electrons. The second-order valence-electron chi connectivity index (χ2n) is 10.4. The van der Waals surface area contributed by atoms with Crippen molar-refractivity contribution in [1.82, 2.24) is 30.7 Å². The summed E-state index contributed by atoms with van der Waals surface area (Å²) in [5.41, 5.74) is -1.20. The number of anilines is 1. The molecule has 0 aliphatic heterocycles. The second-order valence-corrected chi connectivity index (χ2v) is 11.3. The van der Waals surface area contributed by atoms with Crippen LogP contribution >= 0.6 is 15.9 Å². The smallest absolute Gasteiger partial charge is 0.444 e. The molecule has 3 rings (SSSR count). The number of rotatable bonds is 7. The van der Waals surface area contributed by atoms with E-state index >= 15 is 0 Å². The van der Waals surface area contributed by atoms with E-state index in [2.05, 4.69) is 52.3 Å². The van der Waals surface area contributed by atoms with Gasteiger partial charge in [0.25, 0.3) is 0 Å². The molecule has 0 spiro atoms. The van der Waals surface area contributed by atoms with Gasteiger partial charge in [0.15, 0.2) is 5.69 Å². The minimum Gasteiger partial charge on any atom is -0.444 e. The third kappa shape index (κ3) is 9.40. The molecule has 222 valence electrons. The topological polar surface area (TPSA) is 188 Å². The van der Waals surface area contributed by atoms with Gasteiger partial charge in [-0.25, -0.2) is 28.0 Å². The SMILES string of the molecule is CC(C)(C)OC(=O)NC(=NCCCNc1nonc1-c1noc(=O)n1-c1ccc(F)c(Br)c1)NC(=O)OC(C)(C)C. The Balaban J connectivity index is 1.68. The molecule has 0 atom stereocenters. The van der Waals surface area contributed by atoms with Crippen LogP contribution in [0.25, 0.3) is 17.2 Å². The van der Waals surface area contributed by atoms with E-state index in [-0.39, 0.29) is 46.5 Å². The van der Waals surface area contributed by atoms with Gasteiger partial charge in [0.2, 0.25) is 17.6 Å². The van der Waals surface area contributed by atoms with Crippen molar-refractivity contribution in [3.63, 3.8) is 0 Å². The third-order valence-electron chi connectivity index (χ3n) is 4.60. The van der Waals surface area contributed by atoms with Gasteiger partial charge in [-0.15, -0.1) is 0 Å². The van der Waals surface area contributed by atoms with Gasteiger partial charge in [0.1, 0.15) is 17.0 Å². The van der Waals surface area contributed by atoms with Gasteiger partial charge in [-0.2, -0.15) is 0 Å². The molecule has 17 heteroatoms. The van der Waals surface area contributed by atoms with Gasteiger partial charge in [-0.1, -0.05) is 5.16 Å². The Labute approximate surface area is 241 Å². The van der Waals surface area contributed by atoms with Crippen LogP contribution in [0, 0.1) is 5.82 Å². The number of halogens is 2. The zero-order valence-corrected chi connectivity index (χ0v) is 24.8. The lowest BCUT2D eigenvalue weighted by atomic mass is 10.2. The molecule has 15 nitrogen and oxygen atoms in total. The zero-order chi connectivity index (χ0) is 30.4. The van der Waals surface area contributed by atoms with Crippen LogP contribution in [-0.4, -0.2) is 62.5 Å². The Morgan fingerprint density at radius 3 is 2.27 bits per heavy atom. The largest absolute Gasteiger partial charge is 0.446 e. The van der Waals surface area contributed by atoms with Crippen molar-refractivity contribution in [2.24, 2.45) is 4.99 Å². The number of nitrogens with one attached hydrogen (secondary N) is 3. The first kappa shape index (κ1) is 31.3. The molecular weight excluding hydrogens is 611 g/mol. The molecule has 0 unspecified atom stereocenters. The van der Waals surface area contributed by atoms with Gasteiger partial charge in [0, 0.05) is 13.1 Å². The van der Waals surface area contributed by atoms with Gasteiger partial charge in [0.05, 0.1) is 10.2 Å². The summed E-state index contributed by atoms with van der Waals surface area (Å²) in [6.07, 6.45) is -1.23. The molecule has 3 N–H and O–H groups in total. The highest BCUT2D eigenvalue weighted by Crippen LogP contribution is 2.26. The van der Waals surface area contributed by atoms with E-state index in [9.17, 15) is 18.8 Å². The van der Waals surface area contributed by atoms with Crippen LogP contribution in [0.2, 0.25) is 0 Å². The fourth-order valence-electron chi connectivity index (χ4n) is 3.09. The minimum absolute atomic E-state index is 0.0271. The molecule has 2 aromatic heterocycles. The van der Waals surface area contributed by atoms with Crippen molar-refractivity contribution in [3.05, 3.63) is 39.0 Å². The summed E-state index contributed by atoms with van der Waals surface area (Å²) in [5, 5.41) is 19.2. The number of aromatic nitrogens is 4. The van der Waals surface area contributed by atoms with Crippen molar-refractivity contribution >= 4 is 39.9 Å². The molecule has 1 aromatic carbocycles. The molecule has 0 saturated carbocycles. The standard InChI is InChI=1S/C24H30BrFN8O7/c1-23(2,3)38-20(35)29-19(30-21(36)39-24(4,5)6)28-11-7-10-27-17-16(31-41-32-17)18-33-40-22(37)34(18)13-8-9-15(26)14(25)12-13/h8-9,12H,7,10-11H2,1-6H3,(H,27,32)(H2,28,29,30,35,36). The van der Waals surface area contributed by atoms with Crippen LogP contribution < -0.4 is 21.7 Å². The zero-order valence-electron chi connectivity index (χ0n) is 23.2. The number of hydrogen-bond acceptors (Lipinski definition) is 12. The molecule has 0 fully saturated rings. The molecule has 2 heterocycles. The lowest BCUT2D eigenvalue weighted by molar-refractivity contribution is 0.0545. The van der Waals surface area contributed by atoms with Gasteiger partial charge < -0.3 is 14.8 Å². The molecule has 0 saturated heterocycles. The number of guanidine groups is 1. The van der Waals surface area contributed by atoms with Crippen molar-refractivity contribution < 1.29 is 32.6 Å². The van der Waals surface area contributed by atoms with E-state index < -0.39 is 35.0 Å². The van der Waals surface area contributed by atoms with Crippen molar-refractivity contribution in [3.8, 4) is 17.2 Å². The molecule has 2 amide bonds. The summed E-state index contributed by atoms with van der Waals surface area (Å²) in [5.74, 6) is -1.38. The fraction of sp³-hybridized carbons (Fsp3) is 0.458. The number of ether oxygens (including phenoxy) is 2. The first-order chi connectivity index (χ1) is 19.1. The maximum absolute atomic E-state index is 13.7. The number of carbonyl (C=O) groups excluding carboxylic acids is 2. The number of nitrogens with zero attached hydrogens (tertiary/aromatic N) is 5. The lowest BCUT2D eigenvalue weighted by Gasteiger charge is -2.22. The van der Waals surface area contributed by atoms with E-state index in [0.29, 0.717) is 6.42 Å². The quantitative estimate of drug-likeness (QED) is 0.192. The van der Waals surface area contributed by atoms with Crippen LogP contribution in [-0.2, 0) is 9.47 Å². The highest BCUT2D eigenvalue weighted by atomic mass is 79.9. The maximum atomic E-state index is 13.7. The van der Waals surface area contributed by atoms with Gasteiger partial charge in [-0.3, -0.25) is 20.1 Å². The van der Waals surface area contributed by atoms with E-state index in [1.807, 2.05) is 0 Å². The van der Waals surface area contributed by atoms with Gasteiger partial charge in [-0.05, 0) is 92.4 Å². The van der Waals surface area contributed by atoms with Crippen LogP contribution in [0.5, 0.6) is 0 Å². The Kier molecular flexibility index (Phi) is 9.85. The Bertz CT molecular complexity index is 1440. The number of carbonyl (C=O) groups is 2. The molecular formula is C24H30BrFN8O7. The summed E-state index contributed by atoms with van der Waals surface area (Å²) in [6, 6.07) is 3.92. The number of hydrogen-bond donors (Lipinski definition) is 3. The minimum atomic E-state index is -0.829. The highest BCUT2D eigenvalue weighted by Gasteiger charge is 2.24. The molecule has 0 bridgehead atoms. The number of aliphatic imine (C=N–C) groups is 1. The van der Waals surface area contributed by atoms with Gasteiger partial charge >= 0.3 is 17.9 Å². The first-order valence-electron chi connectivity index (χ1n) is 12.3. The second kappa shape index (κ2) is 12.9. The monoisotopic (exact) mass is 640 g/mol. The summed E-state index contributed by atoms with van der Waals surface area (Å²) in [6.45, 7) is 10.6. The van der Waals surface area contributed by atoms with E-state index in [4.69, 9.17) is 18.6 Å². The number of alkyl carbamates (subject to hydrolysis) is 2. The van der Waals surface area contributed by atoms with Crippen LogP contribution in [0.15, 0.2) is 41.6 Å². The van der Waals surface area contributed by atoms with E-state index in [1.165, 1.54) is 18.2 Å². The predicted octanol–water partition coefficient (Wildman–Crippen LogP) is 3.98. The predicted molar refractivity (Wildman–Crippen MR) is 147 cm³/mol. The Morgan fingerprint density at radius 1 is 1.05 bits per heavy atom. The summed E-state index contributed by atoms with van der Waals surface area (Å²) in [4.78, 5) is 41.0. The Hall–Kier alpha value is -4.28.